The second-order valence-corrected chi connectivity index (χ2v) is 36.3. The van der Waals surface area contributed by atoms with Crippen molar-refractivity contribution in [1.82, 2.24) is 16.0 Å². The van der Waals surface area contributed by atoms with E-state index in [1.807, 2.05) is 29.0 Å². The first-order valence-corrected chi connectivity index (χ1v) is 47.1. The molecule has 3 amide bonds. The first kappa shape index (κ1) is 110. The number of hydrogen-bond acceptors (Lipinski definition) is 20. The third-order valence-electron chi connectivity index (χ3n) is 20.0. The van der Waals surface area contributed by atoms with Crippen LogP contribution in [0.5, 0.6) is 0 Å². The molecule has 0 spiro atoms. The average Bonchev–Trinajstić information content (AvgIpc) is 1.78. The second-order valence-electron chi connectivity index (χ2n) is 30.5. The lowest BCUT2D eigenvalue weighted by atomic mass is 9.92. The fourth-order valence-corrected chi connectivity index (χ4v) is 15.8. The second kappa shape index (κ2) is 47.9. The number of aliphatic carboxylic acids is 1. The number of carbonyl (C=O) groups is 7. The van der Waals surface area contributed by atoms with E-state index in [1.54, 1.807) is 50.5 Å². The number of nitrogen functional groups attached to an aromatic ring is 1. The van der Waals surface area contributed by atoms with E-state index in [0.29, 0.717) is 64.5 Å². The highest BCUT2D eigenvalue weighted by atomic mass is 79.9. The number of ketones is 1. The number of ether oxygens (including phenoxy) is 2. The van der Waals surface area contributed by atoms with Crippen LogP contribution in [-0.4, -0.2) is 92.6 Å². The summed E-state index contributed by atoms with van der Waals surface area (Å²) < 4.78 is 216. The maximum Gasteiger partial charge on any atom is 0.416 e. The van der Waals surface area contributed by atoms with Gasteiger partial charge < -0.3 is 36.3 Å². The summed E-state index contributed by atoms with van der Waals surface area (Å²) in [5.74, 6) is -32.9. The van der Waals surface area contributed by atoms with Crippen molar-refractivity contribution in [2.45, 2.75) is 132 Å². The van der Waals surface area contributed by atoms with Crippen LogP contribution in [0.15, 0.2) is 245 Å². The molecule has 23 nitrogen and oxygen atoms in total. The minimum absolute atomic E-state index is 0.0518. The van der Waals surface area contributed by atoms with E-state index in [1.165, 1.54) is 138 Å². The molecule has 0 radical (unpaired) electrons. The Hall–Kier alpha value is -12.6. The van der Waals surface area contributed by atoms with Gasteiger partial charge in [0.15, 0.2) is 0 Å². The van der Waals surface area contributed by atoms with Crippen LogP contribution in [-0.2, 0) is 97.6 Å². The van der Waals surface area contributed by atoms with Crippen molar-refractivity contribution in [3.05, 3.63) is 330 Å². The number of nitrogens with one attached hydrogen (secondary N) is 3. The summed E-state index contributed by atoms with van der Waals surface area (Å²) in [6.45, 7) is 4.68. The number of thiophene rings is 4. The number of amides is 3. The van der Waals surface area contributed by atoms with Crippen molar-refractivity contribution in [3.8, 4) is 44.5 Å². The third-order valence-corrected chi connectivity index (χ3v) is 24.5. The van der Waals surface area contributed by atoms with E-state index < -0.39 is 143 Å². The van der Waals surface area contributed by atoms with Gasteiger partial charge in [0.05, 0.1) is 49.1 Å². The number of benzene rings is 8. The van der Waals surface area contributed by atoms with Gasteiger partial charge in [0, 0.05) is 103 Å². The summed E-state index contributed by atoms with van der Waals surface area (Å²) in [5.41, 5.74) is 6.18. The van der Waals surface area contributed by atoms with Crippen molar-refractivity contribution in [1.29, 1.82) is 0 Å². The Balaban J connectivity index is 0.000000187. The molecule has 3 aliphatic rings. The molecule has 0 unspecified atom stereocenters. The van der Waals surface area contributed by atoms with Gasteiger partial charge in [-0.15, -0.1) is 0 Å². The molecule has 0 aliphatic heterocycles. The van der Waals surface area contributed by atoms with Crippen LogP contribution in [0, 0.1) is 37.3 Å². The molecular weight excluding hydrogens is 2140 g/mol. The quantitative estimate of drug-likeness (QED) is 0.01000. The van der Waals surface area contributed by atoms with Crippen LogP contribution in [0.1, 0.15) is 108 Å². The molecule has 6 N–H and O–H groups in total. The molecule has 0 saturated heterocycles. The topological polar surface area (TPSA) is 350 Å². The third kappa shape index (κ3) is 30.2. The number of carboxylic acid groups (broad SMARTS) is 1. The average molecular weight is 2210 g/mol. The summed E-state index contributed by atoms with van der Waals surface area (Å²) in [4.78, 5) is 111. The lowest BCUT2D eigenvalue weighted by Crippen LogP contribution is -2.39. The molecule has 15 rings (SSSR count). The lowest BCUT2D eigenvalue weighted by Gasteiger charge is -2.18. The fourth-order valence-electron chi connectivity index (χ4n) is 12.3. The van der Waals surface area contributed by atoms with Crippen molar-refractivity contribution in [2.75, 3.05) is 18.9 Å². The zero-order valence-corrected chi connectivity index (χ0v) is 80.3. The smallest absolute Gasteiger partial charge is 0.416 e. The number of carbonyl (C=O) groups excluding carboxylic acids is 6. The highest BCUT2D eigenvalue weighted by molar-refractivity contribution is 9.11. The summed E-state index contributed by atoms with van der Waals surface area (Å²) in [6, 6.07) is 40.4. The molecule has 4 heterocycles. The predicted molar refractivity (Wildman–Crippen MR) is 502 cm³/mol. The molecular formula is C94H77Br3F15N7O16S4. The normalized spacial score (nSPS) is 12.9. The number of nitrogens with zero attached hydrogens (tertiary/aromatic N) is 3. The van der Waals surface area contributed by atoms with Gasteiger partial charge in [0.2, 0.25) is 0 Å². The number of hydrogen-bond donors (Lipinski definition) is 5. The van der Waals surface area contributed by atoms with Crippen LogP contribution in [0.2, 0.25) is 0 Å². The van der Waals surface area contributed by atoms with Crippen molar-refractivity contribution < 1.29 is 129 Å². The molecule has 734 valence electrons. The molecule has 3 fully saturated rings. The number of Topliss-reactive ketones (excluding diaryl/α,β-unsaturated/α-hetero) is 1. The van der Waals surface area contributed by atoms with Gasteiger partial charge in [-0.05, 0) is 242 Å². The SMILES string of the molecule is CCOC(=O)C(F)(F)c1ccc(Br)c([N+](=O)[O-])c1.CCOC(=O)C(F)(F)c1ccc(Br)cc1.Cc1ccc(Br)cc1.Nc1cc(C(F)(F)C(=O)NC2CC2)ccc1-c1ccsc1.O=C(Cc1cccc(C(F)(F)F)c1)Cc1cc(C(F)(F)C(=O)NC2CC2)ccc1-c1ccsc1.O=C(NC1CC1)C(F)(F)c1ccc(-c2ccsc2)c([N+](=O)[O-])c1.O=C(O)C(F)(F)c1ccc(-c2ccsc2)c([N+](=O)[O-])c1. The lowest BCUT2D eigenvalue weighted by molar-refractivity contribution is -0.385. The van der Waals surface area contributed by atoms with Crippen LogP contribution < -0.4 is 21.7 Å². The molecule has 4 aromatic heterocycles. The van der Waals surface area contributed by atoms with Gasteiger partial charge in [-0.2, -0.15) is 111 Å². The van der Waals surface area contributed by atoms with Crippen molar-refractivity contribution in [3.63, 3.8) is 0 Å². The number of aryl methyl sites for hydroxylation is 1. The molecule has 0 atom stereocenters. The number of nitro groups is 3. The number of alkyl halides is 15. The Morgan fingerprint density at radius 3 is 1.11 bits per heavy atom. The van der Waals surface area contributed by atoms with E-state index in [-0.39, 0.29) is 87.7 Å². The Bertz CT molecular complexity index is 6340. The molecule has 12 aromatic rings. The first-order valence-electron chi connectivity index (χ1n) is 40.9. The molecule has 45 heteroatoms. The van der Waals surface area contributed by atoms with Crippen LogP contribution in [0.3, 0.4) is 0 Å². The highest BCUT2D eigenvalue weighted by Gasteiger charge is 2.49. The number of nitro benzene ring substituents is 3. The number of carboxylic acids is 1. The zero-order valence-electron chi connectivity index (χ0n) is 72.2. The molecule has 8 aromatic carbocycles. The van der Waals surface area contributed by atoms with Crippen LogP contribution in [0.25, 0.3) is 44.5 Å². The fraction of sp³-hybridized carbons (Fsp3) is 0.245. The van der Waals surface area contributed by atoms with Crippen molar-refractivity contribution >= 4 is 157 Å². The standard InChI is InChI=1S/C25H20F5NO2S.C15H12F2N2O3S.C15H14F2N2OS.C12H7F2NO4S.C10H8BrF2NO4.C10H9BrF2O2.C7H7Br/c26-24(27,23(33)31-20-5-6-20)18-4-7-22(16-8-9-34-14-16)17(12-18)13-21(32)11-15-2-1-3-19(10-15)25(28,29)30;16-15(17,14(20)18-11-2-3-11)10-1-4-12(9-5-6-23-8-9)13(7-10)19(21)22;16-15(17,14(20)19-11-2-3-11)10-1-4-12(13(18)7-10)9-5-6-21-8-9;13-12(14,11(16)17)8-1-2-9(7-3-4-20-6-7)10(5-8)15(18)19;1-2-18-9(15)10(12,13)6-3-4-7(11)8(5-6)14(16)17;1-2-15-9(14)10(12,13)7-3-5-8(11)6-4-7;1-6-2-4-7(8)5-3-6/h1-4,7-10,12,14,20H,5-6,11,13H2,(H,31,33);1,4-8,11H,2-3H2,(H,18,20);1,4-8,11H,2-3,18H2,(H,19,20);1-6H,(H,16,17);3-5H,2H2,1H3;3-6H,2H2,1H3;2-5H,1H3. The summed E-state index contributed by atoms with van der Waals surface area (Å²) in [7, 11) is 0. The van der Waals surface area contributed by atoms with Gasteiger partial charge >= 0.3 is 59.6 Å². The van der Waals surface area contributed by atoms with Crippen LogP contribution in [0.4, 0.5) is 88.6 Å². The Kier molecular flexibility index (Phi) is 37.9. The minimum atomic E-state index is -4.54. The van der Waals surface area contributed by atoms with Gasteiger partial charge in [-0.1, -0.05) is 122 Å². The molecule has 0 bridgehead atoms. The predicted octanol–water partition coefficient (Wildman–Crippen LogP) is 25.6. The van der Waals surface area contributed by atoms with E-state index >= 15 is 0 Å². The van der Waals surface area contributed by atoms with E-state index in [4.69, 9.17) is 10.8 Å². The molecule has 3 saturated carbocycles. The van der Waals surface area contributed by atoms with Gasteiger partial charge in [0.25, 0.3) is 34.8 Å². The van der Waals surface area contributed by atoms with Crippen molar-refractivity contribution in [2.24, 2.45) is 0 Å². The van der Waals surface area contributed by atoms with E-state index in [2.05, 4.69) is 92.3 Å². The minimum Gasteiger partial charge on any atom is -0.477 e. The number of halogens is 18. The molecule has 3 aliphatic carbocycles. The highest BCUT2D eigenvalue weighted by Crippen LogP contribution is 2.44. The zero-order chi connectivity index (χ0) is 102. The van der Waals surface area contributed by atoms with Gasteiger partial charge in [-0.3, -0.25) is 49.5 Å². The largest absolute Gasteiger partial charge is 0.477 e. The van der Waals surface area contributed by atoms with Gasteiger partial charge in [0.1, 0.15) is 5.78 Å². The number of rotatable bonds is 28. The Labute approximate surface area is 822 Å². The Morgan fingerprint density at radius 1 is 0.403 bits per heavy atom. The molecule has 139 heavy (non-hydrogen) atoms. The first-order chi connectivity index (χ1) is 65.3. The maximum atomic E-state index is 14.8. The monoisotopic (exact) mass is 2210 g/mol. The maximum absolute atomic E-state index is 14.8. The summed E-state index contributed by atoms with van der Waals surface area (Å²) in [6.07, 6.45) is -0.875. The Morgan fingerprint density at radius 2 is 0.741 bits per heavy atom. The van der Waals surface area contributed by atoms with E-state index in [9.17, 15) is 130 Å². The number of anilines is 1. The number of nitrogens with two attached hydrogens (primary N) is 1. The number of esters is 2. The van der Waals surface area contributed by atoms with Gasteiger partial charge in [-0.25, -0.2) is 14.4 Å². The summed E-state index contributed by atoms with van der Waals surface area (Å²) in [5, 5.41) is 62.3. The summed E-state index contributed by atoms with van der Waals surface area (Å²) >= 11 is 14.9. The van der Waals surface area contributed by atoms with E-state index in [0.717, 1.165) is 83.0 Å². The van der Waals surface area contributed by atoms with Crippen LogP contribution >= 0.6 is 93.1 Å².